The number of fused-ring (bicyclic) bond motifs is 1. The van der Waals surface area contributed by atoms with Gasteiger partial charge in [0.1, 0.15) is 12.4 Å². The maximum Gasteiger partial charge on any atom is 0.252 e. The van der Waals surface area contributed by atoms with E-state index in [1.54, 1.807) is 19.1 Å². The predicted octanol–water partition coefficient (Wildman–Crippen LogP) is 1.80. The molecule has 2 N–H and O–H groups in total. The van der Waals surface area contributed by atoms with Crippen LogP contribution < -0.4 is 10.1 Å². The Morgan fingerprint density at radius 2 is 2.23 bits per heavy atom. The van der Waals surface area contributed by atoms with E-state index in [9.17, 15) is 4.79 Å². The number of aliphatic hydroxyl groups is 1. The number of ether oxygens (including phenoxy) is 1. The number of amides is 1. The van der Waals surface area contributed by atoms with E-state index in [1.165, 1.54) is 6.20 Å². The Morgan fingerprint density at radius 3 is 3.00 bits per heavy atom. The quantitative estimate of drug-likeness (QED) is 0.736. The molecule has 3 aromatic rings. The second-order valence-electron chi connectivity index (χ2n) is 5.92. The lowest BCUT2D eigenvalue weighted by molar-refractivity contribution is 0.0930. The number of aliphatic hydroxyl groups excluding tert-OH is 1. The highest BCUT2D eigenvalue weighted by Gasteiger charge is 2.27. The lowest BCUT2D eigenvalue weighted by Gasteiger charge is -2.12. The van der Waals surface area contributed by atoms with Crippen molar-refractivity contribution in [2.75, 3.05) is 6.61 Å². The molecule has 0 fully saturated rings. The highest BCUT2D eigenvalue weighted by Crippen LogP contribution is 2.35. The molecule has 132 valence electrons. The summed E-state index contributed by atoms with van der Waals surface area (Å²) in [6.45, 7) is 1.86. The molecule has 1 amide bonds. The molecular formula is C18H16N4O4. The van der Waals surface area contributed by atoms with Crippen molar-refractivity contribution in [1.29, 1.82) is 0 Å². The number of nitrogens with one attached hydrogen (secondary N) is 1. The second kappa shape index (κ2) is 6.57. The molecule has 2 aromatic heterocycles. The first-order chi connectivity index (χ1) is 12.6. The summed E-state index contributed by atoms with van der Waals surface area (Å²) < 4.78 is 10.7. The van der Waals surface area contributed by atoms with Gasteiger partial charge in [-0.15, -0.1) is 0 Å². The van der Waals surface area contributed by atoms with Gasteiger partial charge in [0.05, 0.1) is 18.3 Å². The van der Waals surface area contributed by atoms with Crippen molar-refractivity contribution in [3.63, 3.8) is 0 Å². The minimum absolute atomic E-state index is 0.213. The van der Waals surface area contributed by atoms with Gasteiger partial charge in [0.25, 0.3) is 5.91 Å². The van der Waals surface area contributed by atoms with Crippen molar-refractivity contribution >= 4 is 5.91 Å². The Labute approximate surface area is 148 Å². The van der Waals surface area contributed by atoms with Crippen molar-refractivity contribution < 1.29 is 19.2 Å². The van der Waals surface area contributed by atoms with Gasteiger partial charge >= 0.3 is 0 Å². The molecule has 0 spiro atoms. The van der Waals surface area contributed by atoms with E-state index in [2.05, 4.69) is 20.4 Å². The van der Waals surface area contributed by atoms with E-state index in [-0.39, 0.29) is 18.6 Å². The lowest BCUT2D eigenvalue weighted by Crippen LogP contribution is -2.29. The normalized spacial score (nSPS) is 15.4. The van der Waals surface area contributed by atoms with E-state index in [1.807, 2.05) is 18.2 Å². The van der Waals surface area contributed by atoms with Gasteiger partial charge in [-0.2, -0.15) is 4.98 Å². The number of aromatic nitrogens is 3. The smallest absolute Gasteiger partial charge is 0.252 e. The predicted molar refractivity (Wildman–Crippen MR) is 90.3 cm³/mol. The first-order valence-electron chi connectivity index (χ1n) is 8.08. The number of benzene rings is 1. The third-order valence-corrected chi connectivity index (χ3v) is 4.13. The van der Waals surface area contributed by atoms with E-state index >= 15 is 0 Å². The molecule has 26 heavy (non-hydrogen) atoms. The maximum atomic E-state index is 12.5. The Balaban J connectivity index is 1.53. The molecule has 0 radical (unpaired) electrons. The summed E-state index contributed by atoms with van der Waals surface area (Å²) in [6, 6.07) is 8.50. The monoisotopic (exact) mass is 352 g/mol. The highest BCUT2D eigenvalue weighted by molar-refractivity contribution is 5.94. The van der Waals surface area contributed by atoms with Gasteiger partial charge < -0.3 is 19.7 Å². The zero-order chi connectivity index (χ0) is 18.1. The summed E-state index contributed by atoms with van der Waals surface area (Å²) in [4.78, 5) is 20.6. The van der Waals surface area contributed by atoms with Crippen LogP contribution in [0.25, 0.3) is 11.4 Å². The molecule has 0 aliphatic carbocycles. The highest BCUT2D eigenvalue weighted by atomic mass is 16.5. The van der Waals surface area contributed by atoms with Crippen LogP contribution in [0.15, 0.2) is 41.1 Å². The summed E-state index contributed by atoms with van der Waals surface area (Å²) in [5, 5.41) is 16.0. The summed E-state index contributed by atoms with van der Waals surface area (Å²) in [5.41, 5.74) is 2.56. The second-order valence-corrected chi connectivity index (χ2v) is 5.92. The minimum Gasteiger partial charge on any atom is -0.491 e. The number of hydrogen-bond acceptors (Lipinski definition) is 7. The van der Waals surface area contributed by atoms with Crippen molar-refractivity contribution in [2.24, 2.45) is 0 Å². The molecule has 8 heteroatoms. The van der Waals surface area contributed by atoms with Gasteiger partial charge in [0.15, 0.2) is 0 Å². The van der Waals surface area contributed by atoms with Crippen LogP contribution in [0.5, 0.6) is 5.75 Å². The molecule has 1 aliphatic heterocycles. The van der Waals surface area contributed by atoms with Gasteiger partial charge in [-0.05, 0) is 18.2 Å². The van der Waals surface area contributed by atoms with Crippen molar-refractivity contribution in [1.82, 2.24) is 20.4 Å². The van der Waals surface area contributed by atoms with Crippen LogP contribution in [0.1, 0.15) is 33.5 Å². The van der Waals surface area contributed by atoms with Gasteiger partial charge in [-0.25, -0.2) is 0 Å². The fourth-order valence-electron chi connectivity index (χ4n) is 2.83. The number of rotatable bonds is 4. The number of carbonyl (C=O) groups is 1. The van der Waals surface area contributed by atoms with Gasteiger partial charge in [0, 0.05) is 29.8 Å². The first kappa shape index (κ1) is 16.2. The summed E-state index contributed by atoms with van der Waals surface area (Å²) in [5.74, 6) is 1.42. The average Bonchev–Trinajstić information content (AvgIpc) is 3.28. The third-order valence-electron chi connectivity index (χ3n) is 4.13. The number of pyridine rings is 1. The molecule has 0 saturated heterocycles. The van der Waals surface area contributed by atoms with Crippen LogP contribution >= 0.6 is 0 Å². The molecule has 3 heterocycles. The zero-order valence-electron chi connectivity index (χ0n) is 14.0. The summed E-state index contributed by atoms with van der Waals surface area (Å²) in [6.07, 6.45) is 1.50. The van der Waals surface area contributed by atoms with Crippen molar-refractivity contribution in [3.05, 3.63) is 59.2 Å². The molecule has 1 aromatic carbocycles. The number of carbonyl (C=O) groups excluding carboxylic acids is 1. The molecule has 1 unspecified atom stereocenters. The Kier molecular flexibility index (Phi) is 4.10. The van der Waals surface area contributed by atoms with E-state index in [0.29, 0.717) is 35.3 Å². The topological polar surface area (TPSA) is 110 Å². The SMILES string of the molecule is Cc1nc(-c2ccc3c(c2)OCC3NC(=O)c2ccnc(CO)c2)no1. The van der Waals surface area contributed by atoms with Crippen LogP contribution in [-0.4, -0.2) is 32.7 Å². The Morgan fingerprint density at radius 1 is 1.35 bits per heavy atom. The summed E-state index contributed by atoms with van der Waals surface area (Å²) >= 11 is 0. The number of nitrogens with zero attached hydrogens (tertiary/aromatic N) is 3. The minimum atomic E-state index is -0.260. The van der Waals surface area contributed by atoms with Crippen LogP contribution in [0.4, 0.5) is 0 Å². The first-order valence-corrected chi connectivity index (χ1v) is 8.08. The van der Waals surface area contributed by atoms with Crippen LogP contribution in [-0.2, 0) is 6.61 Å². The van der Waals surface area contributed by atoms with Crippen molar-refractivity contribution in [2.45, 2.75) is 19.6 Å². The number of aryl methyl sites for hydroxylation is 1. The molecule has 0 bridgehead atoms. The zero-order valence-corrected chi connectivity index (χ0v) is 14.0. The Bertz CT molecular complexity index is 969. The van der Waals surface area contributed by atoms with Crippen LogP contribution in [0.2, 0.25) is 0 Å². The van der Waals surface area contributed by atoms with Crippen LogP contribution in [0, 0.1) is 6.92 Å². The van der Waals surface area contributed by atoms with E-state index < -0.39 is 0 Å². The van der Waals surface area contributed by atoms with Gasteiger partial charge in [-0.3, -0.25) is 9.78 Å². The fraction of sp³-hybridized carbons (Fsp3) is 0.222. The van der Waals surface area contributed by atoms with E-state index in [4.69, 9.17) is 14.4 Å². The van der Waals surface area contributed by atoms with Gasteiger partial charge in [0.2, 0.25) is 11.7 Å². The third kappa shape index (κ3) is 3.02. The molecule has 0 saturated carbocycles. The molecule has 8 nitrogen and oxygen atoms in total. The fourth-order valence-corrected chi connectivity index (χ4v) is 2.83. The van der Waals surface area contributed by atoms with Crippen LogP contribution in [0.3, 0.4) is 0 Å². The summed E-state index contributed by atoms with van der Waals surface area (Å²) in [7, 11) is 0. The lowest BCUT2D eigenvalue weighted by atomic mass is 10.1. The molecular weight excluding hydrogens is 336 g/mol. The standard InChI is InChI=1S/C18H16N4O4/c1-10-20-17(22-26-10)11-2-3-14-15(9-25-16(14)7-11)21-18(24)12-4-5-19-13(6-12)8-23/h2-7,15,23H,8-9H2,1H3,(H,21,24). The molecule has 4 rings (SSSR count). The van der Waals surface area contributed by atoms with Gasteiger partial charge in [-0.1, -0.05) is 17.3 Å². The number of hydrogen-bond donors (Lipinski definition) is 2. The largest absolute Gasteiger partial charge is 0.491 e. The molecule has 1 aliphatic rings. The van der Waals surface area contributed by atoms with E-state index in [0.717, 1.165) is 11.1 Å². The Hall–Kier alpha value is -3.26. The maximum absolute atomic E-state index is 12.5. The average molecular weight is 352 g/mol. The molecule has 1 atom stereocenters. The van der Waals surface area contributed by atoms with Crippen molar-refractivity contribution in [3.8, 4) is 17.1 Å².